The van der Waals surface area contributed by atoms with Crippen molar-refractivity contribution in [1.29, 1.82) is 0 Å². The SMILES string of the molecule is CC1(C(=O)O)CCN(CCN2CCN(C(=O)Cn3cc(NC(=O)c4cnn5cccnc45)c(-c4cc(Cl)ccc4OC(F)F)n3)CC2)CC1. The predicted molar refractivity (Wildman–Crippen MR) is 175 cm³/mol. The summed E-state index contributed by atoms with van der Waals surface area (Å²) < 4.78 is 34.2. The van der Waals surface area contributed by atoms with Crippen molar-refractivity contribution in [2.45, 2.75) is 32.9 Å². The lowest BCUT2D eigenvalue weighted by molar-refractivity contribution is -0.150. The number of likely N-dealkylation sites (tertiary alicyclic amines) is 1. The van der Waals surface area contributed by atoms with E-state index in [0.717, 1.165) is 26.2 Å². The Morgan fingerprint density at radius 1 is 1.08 bits per heavy atom. The molecule has 0 atom stereocenters. The highest BCUT2D eigenvalue weighted by Crippen LogP contribution is 2.37. The molecule has 260 valence electrons. The Morgan fingerprint density at radius 2 is 1.80 bits per heavy atom. The van der Waals surface area contributed by atoms with Crippen LogP contribution in [0.1, 0.15) is 30.1 Å². The lowest BCUT2D eigenvalue weighted by Crippen LogP contribution is -2.51. The standard InChI is InChI=1S/C32H36ClF2N9O5/c1-32(30(47)48)5-9-40(10-6-32)11-12-41-13-15-42(16-14-41)26(45)20-43-19-24(38-29(46)23-18-37-44-8-2-7-36-28(23)44)27(39-43)22-17-21(33)3-4-25(22)49-31(34)35/h2-4,7-8,17-19,31H,5-6,9-16,20H2,1H3,(H,38,46)(H,47,48). The van der Waals surface area contributed by atoms with Gasteiger partial charge in [0.25, 0.3) is 5.91 Å². The number of piperazine rings is 1. The number of halogens is 3. The van der Waals surface area contributed by atoms with Gasteiger partial charge in [0, 0.05) is 68.4 Å². The first-order chi connectivity index (χ1) is 23.5. The molecule has 0 spiro atoms. The maximum absolute atomic E-state index is 13.4. The zero-order valence-corrected chi connectivity index (χ0v) is 27.5. The molecule has 0 aliphatic carbocycles. The molecule has 2 aliphatic heterocycles. The fourth-order valence-electron chi connectivity index (χ4n) is 6.08. The van der Waals surface area contributed by atoms with E-state index in [2.05, 4.69) is 30.3 Å². The van der Waals surface area contributed by atoms with Crippen LogP contribution < -0.4 is 10.1 Å². The van der Waals surface area contributed by atoms with E-state index in [-0.39, 0.29) is 45.7 Å². The number of nitrogens with one attached hydrogen (secondary N) is 1. The molecular formula is C32H36ClF2N9O5. The van der Waals surface area contributed by atoms with Crippen LogP contribution in [0, 0.1) is 5.41 Å². The number of nitrogens with zero attached hydrogens (tertiary/aromatic N) is 8. The molecule has 4 aromatic rings. The molecule has 0 bridgehead atoms. The Balaban J connectivity index is 1.13. The fourth-order valence-corrected chi connectivity index (χ4v) is 6.25. The van der Waals surface area contributed by atoms with Gasteiger partial charge in [-0.3, -0.25) is 24.0 Å². The molecule has 3 aromatic heterocycles. The van der Waals surface area contributed by atoms with E-state index >= 15 is 0 Å². The highest BCUT2D eigenvalue weighted by molar-refractivity contribution is 6.31. The Bertz CT molecular complexity index is 1830. The van der Waals surface area contributed by atoms with Crippen LogP contribution in [-0.2, 0) is 16.1 Å². The van der Waals surface area contributed by atoms with E-state index < -0.39 is 23.9 Å². The molecule has 2 saturated heterocycles. The van der Waals surface area contributed by atoms with Crippen molar-refractivity contribution < 1.29 is 33.0 Å². The molecule has 17 heteroatoms. The third-order valence-electron chi connectivity index (χ3n) is 9.18. The summed E-state index contributed by atoms with van der Waals surface area (Å²) >= 11 is 6.23. The molecule has 49 heavy (non-hydrogen) atoms. The average Bonchev–Trinajstić information content (AvgIpc) is 3.69. The minimum absolute atomic E-state index is 0.0786. The number of alkyl halides is 2. The minimum atomic E-state index is -3.13. The fraction of sp³-hybridized carbons (Fsp3) is 0.438. The molecule has 6 rings (SSSR count). The lowest BCUT2D eigenvalue weighted by Gasteiger charge is -2.39. The van der Waals surface area contributed by atoms with Gasteiger partial charge in [0.2, 0.25) is 5.91 Å². The summed E-state index contributed by atoms with van der Waals surface area (Å²) in [5.74, 6) is -1.72. The summed E-state index contributed by atoms with van der Waals surface area (Å²) in [6.45, 7) is 4.05. The second kappa shape index (κ2) is 14.4. The predicted octanol–water partition coefficient (Wildman–Crippen LogP) is 3.43. The van der Waals surface area contributed by atoms with Crippen molar-refractivity contribution in [3.63, 3.8) is 0 Å². The second-order valence-corrected chi connectivity index (χ2v) is 12.9. The quantitative estimate of drug-likeness (QED) is 0.238. The number of ether oxygens (including phenoxy) is 1. The Labute approximate surface area is 285 Å². The normalized spacial score (nSPS) is 17.0. The average molecular weight is 700 g/mol. The zero-order valence-electron chi connectivity index (χ0n) is 26.8. The number of carboxylic acid groups (broad SMARTS) is 1. The number of piperidine rings is 1. The van der Waals surface area contributed by atoms with Crippen LogP contribution >= 0.6 is 11.6 Å². The molecular weight excluding hydrogens is 664 g/mol. The summed E-state index contributed by atoms with van der Waals surface area (Å²) in [6.07, 6.45) is 7.23. The molecule has 2 fully saturated rings. The third-order valence-corrected chi connectivity index (χ3v) is 9.41. The third kappa shape index (κ3) is 7.81. The summed E-state index contributed by atoms with van der Waals surface area (Å²) in [7, 11) is 0. The van der Waals surface area contributed by atoms with Gasteiger partial charge in [-0.05, 0) is 57.1 Å². The monoisotopic (exact) mass is 699 g/mol. The van der Waals surface area contributed by atoms with Crippen molar-refractivity contribution in [3.8, 4) is 17.0 Å². The van der Waals surface area contributed by atoms with Gasteiger partial charge in [0.1, 0.15) is 23.6 Å². The van der Waals surface area contributed by atoms with Crippen LogP contribution in [-0.4, -0.2) is 121 Å². The largest absolute Gasteiger partial charge is 0.481 e. The van der Waals surface area contributed by atoms with E-state index in [4.69, 9.17) is 16.3 Å². The zero-order chi connectivity index (χ0) is 34.7. The number of anilines is 1. The minimum Gasteiger partial charge on any atom is -0.481 e. The van der Waals surface area contributed by atoms with Crippen LogP contribution in [0.4, 0.5) is 14.5 Å². The van der Waals surface area contributed by atoms with Crippen LogP contribution in [0.25, 0.3) is 16.9 Å². The number of aromatic nitrogens is 5. The van der Waals surface area contributed by atoms with E-state index in [1.54, 1.807) is 24.1 Å². The van der Waals surface area contributed by atoms with Gasteiger partial charge >= 0.3 is 12.6 Å². The first-order valence-electron chi connectivity index (χ1n) is 15.9. The molecule has 5 heterocycles. The number of hydrogen-bond acceptors (Lipinski definition) is 9. The van der Waals surface area contributed by atoms with E-state index in [1.165, 1.54) is 46.0 Å². The molecule has 14 nitrogen and oxygen atoms in total. The number of fused-ring (bicyclic) bond motifs is 1. The van der Waals surface area contributed by atoms with Gasteiger partial charge in [-0.1, -0.05) is 11.6 Å². The van der Waals surface area contributed by atoms with E-state index in [0.29, 0.717) is 44.7 Å². The molecule has 2 N–H and O–H groups in total. The molecule has 2 aliphatic rings. The maximum Gasteiger partial charge on any atom is 0.387 e. The van der Waals surface area contributed by atoms with Crippen molar-refractivity contribution in [2.75, 3.05) is 57.7 Å². The van der Waals surface area contributed by atoms with Crippen LogP contribution in [0.5, 0.6) is 5.75 Å². The number of hydrogen-bond donors (Lipinski definition) is 2. The number of rotatable bonds is 11. The van der Waals surface area contributed by atoms with E-state index in [9.17, 15) is 28.3 Å². The van der Waals surface area contributed by atoms with Gasteiger partial charge in [0.05, 0.1) is 17.3 Å². The van der Waals surface area contributed by atoms with Gasteiger partial charge < -0.3 is 25.0 Å². The van der Waals surface area contributed by atoms with E-state index in [1.807, 2.05) is 0 Å². The maximum atomic E-state index is 13.4. The Morgan fingerprint density at radius 3 is 2.49 bits per heavy atom. The van der Waals surface area contributed by atoms with Gasteiger partial charge in [-0.2, -0.15) is 19.0 Å². The number of amides is 2. The van der Waals surface area contributed by atoms with Crippen LogP contribution in [0.15, 0.2) is 49.1 Å². The number of carbonyl (C=O) groups excluding carboxylic acids is 2. The van der Waals surface area contributed by atoms with Crippen LogP contribution in [0.3, 0.4) is 0 Å². The van der Waals surface area contributed by atoms with Gasteiger partial charge in [-0.15, -0.1) is 0 Å². The number of carboxylic acids is 1. The number of benzene rings is 1. The molecule has 0 unspecified atom stereocenters. The first-order valence-corrected chi connectivity index (χ1v) is 16.2. The van der Waals surface area contributed by atoms with Gasteiger partial charge in [-0.25, -0.2) is 9.50 Å². The summed E-state index contributed by atoms with van der Waals surface area (Å²) in [4.78, 5) is 48.9. The second-order valence-electron chi connectivity index (χ2n) is 12.4. The van der Waals surface area contributed by atoms with Crippen molar-refractivity contribution >= 4 is 40.7 Å². The molecule has 0 saturated carbocycles. The smallest absolute Gasteiger partial charge is 0.387 e. The first kappa shape index (κ1) is 34.2. The molecule has 0 radical (unpaired) electrons. The lowest BCUT2D eigenvalue weighted by atomic mass is 9.80. The summed E-state index contributed by atoms with van der Waals surface area (Å²) in [5.41, 5.74) is 0.136. The summed E-state index contributed by atoms with van der Waals surface area (Å²) in [6, 6.07) is 5.74. The van der Waals surface area contributed by atoms with Gasteiger partial charge in [0.15, 0.2) is 5.65 Å². The highest BCUT2D eigenvalue weighted by Gasteiger charge is 2.37. The van der Waals surface area contributed by atoms with Crippen LogP contribution in [0.2, 0.25) is 5.02 Å². The topological polar surface area (TPSA) is 150 Å². The number of carbonyl (C=O) groups is 3. The number of aliphatic carboxylic acids is 1. The van der Waals surface area contributed by atoms with Crippen molar-refractivity contribution in [3.05, 3.63) is 59.6 Å². The highest BCUT2D eigenvalue weighted by atomic mass is 35.5. The Hall–Kier alpha value is -4.67. The molecule has 1 aromatic carbocycles. The van der Waals surface area contributed by atoms with Crippen molar-refractivity contribution in [2.24, 2.45) is 5.41 Å². The van der Waals surface area contributed by atoms with Crippen molar-refractivity contribution in [1.82, 2.24) is 39.1 Å². The Kier molecular flexibility index (Phi) is 10.1. The molecule has 2 amide bonds. The summed E-state index contributed by atoms with van der Waals surface area (Å²) in [5, 5.41) is 21.1.